The molecule has 6 heteroatoms. The van der Waals surface area contributed by atoms with Gasteiger partial charge in [-0.1, -0.05) is 6.07 Å². The number of amides is 1. The van der Waals surface area contributed by atoms with Crippen molar-refractivity contribution in [2.75, 3.05) is 5.32 Å². The summed E-state index contributed by atoms with van der Waals surface area (Å²) in [6.07, 6.45) is -1.60. The van der Waals surface area contributed by atoms with E-state index in [-0.39, 0.29) is 16.8 Å². The number of hydrogen-bond acceptors (Lipinski definition) is 2. The number of anilines is 1. The van der Waals surface area contributed by atoms with Gasteiger partial charge in [-0.2, -0.15) is 13.2 Å². The number of carbonyl (C=O) groups is 1. The number of carbonyl (C=O) groups excluding carboxylic acids is 1. The van der Waals surface area contributed by atoms with E-state index >= 15 is 0 Å². The number of aryl methyl sites for hydroxylation is 1. The molecule has 3 nitrogen and oxygen atoms in total. The molecule has 2 rings (SSSR count). The average molecular weight is 280 g/mol. The minimum atomic E-state index is -4.45. The molecule has 2 aromatic rings. The minimum absolute atomic E-state index is 0.0942. The van der Waals surface area contributed by atoms with E-state index in [1.54, 1.807) is 6.07 Å². The van der Waals surface area contributed by atoms with E-state index in [1.807, 2.05) is 0 Å². The van der Waals surface area contributed by atoms with Crippen molar-refractivity contribution < 1.29 is 18.0 Å². The van der Waals surface area contributed by atoms with E-state index in [9.17, 15) is 18.0 Å². The lowest BCUT2D eigenvalue weighted by atomic mass is 10.1. The normalized spacial score (nSPS) is 11.2. The van der Waals surface area contributed by atoms with Crippen LogP contribution in [0.1, 0.15) is 21.5 Å². The Morgan fingerprint density at radius 2 is 2.00 bits per heavy atom. The van der Waals surface area contributed by atoms with Gasteiger partial charge in [0.2, 0.25) is 0 Å². The van der Waals surface area contributed by atoms with Crippen molar-refractivity contribution in [3.8, 4) is 0 Å². The summed E-state index contributed by atoms with van der Waals surface area (Å²) in [5.74, 6) is -0.505. The first-order valence-corrected chi connectivity index (χ1v) is 5.77. The van der Waals surface area contributed by atoms with Crippen LogP contribution < -0.4 is 5.32 Å². The first-order valence-electron chi connectivity index (χ1n) is 5.77. The molecule has 0 aliphatic heterocycles. The van der Waals surface area contributed by atoms with Crippen molar-refractivity contribution in [2.45, 2.75) is 13.1 Å². The van der Waals surface area contributed by atoms with Crippen LogP contribution in [0.5, 0.6) is 0 Å². The fraction of sp³-hybridized carbons (Fsp3) is 0.143. The lowest BCUT2D eigenvalue weighted by molar-refractivity contribution is -0.138. The summed E-state index contributed by atoms with van der Waals surface area (Å²) in [4.78, 5) is 15.6. The summed E-state index contributed by atoms with van der Waals surface area (Å²) >= 11 is 0. The molecular formula is C14H11F3N2O. The largest absolute Gasteiger partial charge is 0.416 e. The molecule has 0 aliphatic carbocycles. The van der Waals surface area contributed by atoms with Crippen LogP contribution in [0.15, 0.2) is 42.7 Å². The van der Waals surface area contributed by atoms with E-state index in [4.69, 9.17) is 0 Å². The maximum absolute atomic E-state index is 12.8. The molecule has 0 saturated heterocycles. The Labute approximate surface area is 113 Å². The molecule has 1 aromatic heterocycles. The summed E-state index contributed by atoms with van der Waals surface area (Å²) in [7, 11) is 0. The summed E-state index contributed by atoms with van der Waals surface area (Å²) in [6.45, 7) is 1.37. The molecule has 20 heavy (non-hydrogen) atoms. The lowest BCUT2D eigenvalue weighted by Crippen LogP contribution is -2.14. The minimum Gasteiger partial charge on any atom is -0.322 e. The number of pyridine rings is 1. The predicted octanol–water partition coefficient (Wildman–Crippen LogP) is 3.66. The molecule has 0 aliphatic rings. The fourth-order valence-electron chi connectivity index (χ4n) is 1.71. The van der Waals surface area contributed by atoms with Gasteiger partial charge in [-0.15, -0.1) is 0 Å². The van der Waals surface area contributed by atoms with Gasteiger partial charge in [0.05, 0.1) is 11.1 Å². The molecule has 0 bridgehead atoms. The van der Waals surface area contributed by atoms with Crippen LogP contribution in [0.3, 0.4) is 0 Å². The Morgan fingerprint density at radius 1 is 1.25 bits per heavy atom. The molecule has 1 aromatic carbocycles. The molecule has 1 amide bonds. The maximum atomic E-state index is 12.8. The standard InChI is InChI=1S/C14H11F3N2O/c1-9-4-5-11(7-12(9)14(15,16)17)19-13(20)10-3-2-6-18-8-10/h2-8H,1H3,(H,19,20). The summed E-state index contributed by atoms with van der Waals surface area (Å²) in [5, 5.41) is 2.42. The van der Waals surface area contributed by atoms with Gasteiger partial charge >= 0.3 is 6.18 Å². The third kappa shape index (κ3) is 3.14. The molecule has 0 saturated carbocycles. The van der Waals surface area contributed by atoms with E-state index in [0.29, 0.717) is 0 Å². The van der Waals surface area contributed by atoms with Crippen LogP contribution in [0.25, 0.3) is 0 Å². The Morgan fingerprint density at radius 3 is 2.60 bits per heavy atom. The van der Waals surface area contributed by atoms with Gasteiger partial charge in [-0.3, -0.25) is 9.78 Å². The Bertz CT molecular complexity index is 624. The predicted molar refractivity (Wildman–Crippen MR) is 68.4 cm³/mol. The number of alkyl halides is 3. The average Bonchev–Trinajstić information content (AvgIpc) is 2.40. The van der Waals surface area contributed by atoms with Gasteiger partial charge in [-0.25, -0.2) is 0 Å². The van der Waals surface area contributed by atoms with E-state index in [1.165, 1.54) is 37.5 Å². The highest BCUT2D eigenvalue weighted by Gasteiger charge is 2.32. The van der Waals surface area contributed by atoms with Crippen LogP contribution in [-0.2, 0) is 6.18 Å². The first-order chi connectivity index (χ1) is 9.38. The van der Waals surface area contributed by atoms with Crippen molar-refractivity contribution in [1.82, 2.24) is 4.98 Å². The second-order valence-electron chi connectivity index (χ2n) is 4.22. The van der Waals surface area contributed by atoms with Crippen LogP contribution in [0.2, 0.25) is 0 Å². The summed E-state index contributed by atoms with van der Waals surface area (Å²) in [5.41, 5.74) is -0.281. The van der Waals surface area contributed by atoms with Crippen LogP contribution in [-0.4, -0.2) is 10.9 Å². The molecular weight excluding hydrogens is 269 g/mol. The highest BCUT2D eigenvalue weighted by molar-refractivity contribution is 6.04. The Kier molecular flexibility index (Phi) is 3.74. The smallest absolute Gasteiger partial charge is 0.322 e. The van der Waals surface area contributed by atoms with Gasteiger partial charge in [0, 0.05) is 18.1 Å². The zero-order valence-electron chi connectivity index (χ0n) is 10.5. The molecule has 104 valence electrons. The number of aromatic nitrogens is 1. The fourth-order valence-corrected chi connectivity index (χ4v) is 1.71. The van der Waals surface area contributed by atoms with Gasteiger partial charge in [-0.05, 0) is 36.8 Å². The highest BCUT2D eigenvalue weighted by Crippen LogP contribution is 2.33. The molecule has 0 unspecified atom stereocenters. The second kappa shape index (κ2) is 5.32. The van der Waals surface area contributed by atoms with Gasteiger partial charge in [0.15, 0.2) is 0 Å². The number of nitrogens with one attached hydrogen (secondary N) is 1. The Hall–Kier alpha value is -2.37. The van der Waals surface area contributed by atoms with Gasteiger partial charge in [0.25, 0.3) is 5.91 Å². The summed E-state index contributed by atoms with van der Waals surface area (Å²) in [6, 6.07) is 6.77. The molecule has 0 radical (unpaired) electrons. The molecule has 0 spiro atoms. The van der Waals surface area contributed by atoms with Crippen molar-refractivity contribution in [1.29, 1.82) is 0 Å². The first kappa shape index (κ1) is 14.0. The van der Waals surface area contributed by atoms with E-state index in [0.717, 1.165) is 6.07 Å². The monoisotopic (exact) mass is 280 g/mol. The molecule has 1 heterocycles. The van der Waals surface area contributed by atoms with Crippen LogP contribution >= 0.6 is 0 Å². The third-order valence-electron chi connectivity index (χ3n) is 2.72. The van der Waals surface area contributed by atoms with Crippen molar-refractivity contribution in [2.24, 2.45) is 0 Å². The van der Waals surface area contributed by atoms with Crippen molar-refractivity contribution in [3.63, 3.8) is 0 Å². The number of benzene rings is 1. The van der Waals surface area contributed by atoms with Crippen molar-refractivity contribution in [3.05, 3.63) is 59.4 Å². The maximum Gasteiger partial charge on any atom is 0.416 e. The number of rotatable bonds is 2. The zero-order valence-corrected chi connectivity index (χ0v) is 10.5. The zero-order chi connectivity index (χ0) is 14.8. The Balaban J connectivity index is 2.25. The van der Waals surface area contributed by atoms with Gasteiger partial charge in [0.1, 0.15) is 0 Å². The second-order valence-corrected chi connectivity index (χ2v) is 4.22. The van der Waals surface area contributed by atoms with E-state index < -0.39 is 17.6 Å². The number of nitrogens with zero attached hydrogens (tertiary/aromatic N) is 1. The van der Waals surface area contributed by atoms with Crippen molar-refractivity contribution >= 4 is 11.6 Å². The highest BCUT2D eigenvalue weighted by atomic mass is 19.4. The van der Waals surface area contributed by atoms with Gasteiger partial charge < -0.3 is 5.32 Å². The number of halogens is 3. The quantitative estimate of drug-likeness (QED) is 0.912. The molecule has 0 fully saturated rings. The summed E-state index contributed by atoms with van der Waals surface area (Å²) < 4.78 is 38.3. The topological polar surface area (TPSA) is 42.0 Å². The SMILES string of the molecule is Cc1ccc(NC(=O)c2cccnc2)cc1C(F)(F)F. The number of hydrogen-bond donors (Lipinski definition) is 1. The molecule has 0 atom stereocenters. The van der Waals surface area contributed by atoms with Crippen LogP contribution in [0, 0.1) is 6.92 Å². The van der Waals surface area contributed by atoms with Crippen LogP contribution in [0.4, 0.5) is 18.9 Å². The lowest BCUT2D eigenvalue weighted by Gasteiger charge is -2.12. The van der Waals surface area contributed by atoms with E-state index in [2.05, 4.69) is 10.3 Å². The third-order valence-corrected chi connectivity index (χ3v) is 2.72. The molecule has 1 N–H and O–H groups in total.